The van der Waals surface area contributed by atoms with E-state index in [9.17, 15) is 0 Å². The Hall–Kier alpha value is -1.56. The van der Waals surface area contributed by atoms with Gasteiger partial charge in [0.05, 0.1) is 0 Å². The molecule has 88 valence electrons. The molecule has 1 heterocycles. The second-order valence-electron chi connectivity index (χ2n) is 4.29. The largest absolute Gasteiger partial charge is 0.368 e. The van der Waals surface area contributed by atoms with E-state index in [0.29, 0.717) is 5.82 Å². The van der Waals surface area contributed by atoms with Gasteiger partial charge in [-0.2, -0.15) is 9.97 Å². The molecule has 6 heteroatoms. The van der Waals surface area contributed by atoms with Crippen LogP contribution in [-0.4, -0.2) is 23.6 Å². The summed E-state index contributed by atoms with van der Waals surface area (Å²) in [5.74, 6) is 7.70. The molecule has 1 aliphatic rings. The average molecular weight is 222 g/mol. The van der Waals surface area contributed by atoms with E-state index < -0.39 is 0 Å². The van der Waals surface area contributed by atoms with E-state index in [4.69, 9.17) is 11.6 Å². The zero-order valence-corrected chi connectivity index (χ0v) is 9.48. The second-order valence-corrected chi connectivity index (χ2v) is 4.29. The minimum absolute atomic E-state index is 0.242. The predicted molar refractivity (Wildman–Crippen MR) is 64.9 cm³/mol. The zero-order valence-electron chi connectivity index (χ0n) is 9.48. The SMILES string of the molecule is CN(CC1CCC1)c1cc(NN)nc(N)n1. The molecule has 0 radical (unpaired) electrons. The lowest BCUT2D eigenvalue weighted by Crippen LogP contribution is -2.30. The maximum absolute atomic E-state index is 5.61. The molecular formula is C10H18N6. The van der Waals surface area contributed by atoms with E-state index in [-0.39, 0.29) is 5.95 Å². The summed E-state index contributed by atoms with van der Waals surface area (Å²) in [4.78, 5) is 10.2. The Morgan fingerprint density at radius 2 is 2.25 bits per heavy atom. The van der Waals surface area contributed by atoms with Gasteiger partial charge in [0.15, 0.2) is 0 Å². The van der Waals surface area contributed by atoms with Crippen molar-refractivity contribution in [1.82, 2.24) is 9.97 Å². The molecule has 2 rings (SSSR count). The first kappa shape index (κ1) is 10.9. The van der Waals surface area contributed by atoms with Crippen LogP contribution in [0.3, 0.4) is 0 Å². The van der Waals surface area contributed by atoms with Crippen LogP contribution in [0.2, 0.25) is 0 Å². The lowest BCUT2D eigenvalue weighted by atomic mass is 9.85. The summed E-state index contributed by atoms with van der Waals surface area (Å²) >= 11 is 0. The van der Waals surface area contributed by atoms with E-state index >= 15 is 0 Å². The Labute approximate surface area is 95.0 Å². The van der Waals surface area contributed by atoms with Crippen molar-refractivity contribution in [2.45, 2.75) is 19.3 Å². The summed E-state index contributed by atoms with van der Waals surface area (Å²) in [5.41, 5.74) is 8.09. The summed E-state index contributed by atoms with van der Waals surface area (Å²) in [6.07, 6.45) is 3.97. The van der Waals surface area contributed by atoms with Crippen molar-refractivity contribution in [3.8, 4) is 0 Å². The smallest absolute Gasteiger partial charge is 0.223 e. The maximum Gasteiger partial charge on any atom is 0.223 e. The van der Waals surface area contributed by atoms with Crippen LogP contribution in [0.4, 0.5) is 17.6 Å². The van der Waals surface area contributed by atoms with E-state index in [1.54, 1.807) is 6.07 Å². The molecule has 0 saturated heterocycles. The van der Waals surface area contributed by atoms with Gasteiger partial charge in [-0.1, -0.05) is 6.42 Å². The van der Waals surface area contributed by atoms with Crippen LogP contribution >= 0.6 is 0 Å². The van der Waals surface area contributed by atoms with Crippen molar-refractivity contribution in [2.24, 2.45) is 11.8 Å². The van der Waals surface area contributed by atoms with E-state index in [1.807, 2.05) is 7.05 Å². The third-order valence-corrected chi connectivity index (χ3v) is 3.03. The molecule has 1 fully saturated rings. The van der Waals surface area contributed by atoms with E-state index in [1.165, 1.54) is 19.3 Å². The van der Waals surface area contributed by atoms with E-state index in [2.05, 4.69) is 20.3 Å². The quantitative estimate of drug-likeness (QED) is 0.509. The number of nitrogens with two attached hydrogens (primary N) is 2. The number of aromatic nitrogens is 2. The molecule has 0 aromatic carbocycles. The first-order valence-corrected chi connectivity index (χ1v) is 5.51. The maximum atomic E-state index is 5.61. The predicted octanol–water partition coefficient (Wildman–Crippen LogP) is 0.581. The van der Waals surface area contributed by atoms with Gasteiger partial charge in [0.1, 0.15) is 11.6 Å². The van der Waals surface area contributed by atoms with Gasteiger partial charge in [-0.3, -0.25) is 0 Å². The van der Waals surface area contributed by atoms with Gasteiger partial charge in [-0.25, -0.2) is 5.84 Å². The summed E-state index contributed by atoms with van der Waals surface area (Å²) in [6.45, 7) is 1.01. The summed E-state index contributed by atoms with van der Waals surface area (Å²) < 4.78 is 0. The first-order chi connectivity index (χ1) is 7.69. The monoisotopic (exact) mass is 222 g/mol. The zero-order chi connectivity index (χ0) is 11.5. The van der Waals surface area contributed by atoms with Crippen LogP contribution in [-0.2, 0) is 0 Å². The van der Waals surface area contributed by atoms with Crippen molar-refractivity contribution in [2.75, 3.05) is 29.7 Å². The van der Waals surface area contributed by atoms with Crippen LogP contribution in [0, 0.1) is 5.92 Å². The fourth-order valence-corrected chi connectivity index (χ4v) is 1.88. The summed E-state index contributed by atoms with van der Waals surface area (Å²) in [6, 6.07) is 1.80. The normalized spacial score (nSPS) is 15.6. The number of hydrogen-bond acceptors (Lipinski definition) is 6. The van der Waals surface area contributed by atoms with Crippen LogP contribution in [0.5, 0.6) is 0 Å². The average Bonchev–Trinajstić information content (AvgIpc) is 2.22. The third kappa shape index (κ3) is 2.33. The molecule has 6 nitrogen and oxygen atoms in total. The fraction of sp³-hybridized carbons (Fsp3) is 0.600. The van der Waals surface area contributed by atoms with Crippen LogP contribution < -0.4 is 21.9 Å². The molecule has 1 aromatic heterocycles. The Morgan fingerprint density at radius 1 is 1.50 bits per heavy atom. The van der Waals surface area contributed by atoms with Gasteiger partial charge in [0.25, 0.3) is 0 Å². The van der Waals surface area contributed by atoms with Gasteiger partial charge >= 0.3 is 0 Å². The second kappa shape index (κ2) is 4.52. The molecule has 1 aliphatic carbocycles. The Bertz CT molecular complexity index is 362. The molecule has 0 bridgehead atoms. The van der Waals surface area contributed by atoms with Gasteiger partial charge in [0.2, 0.25) is 5.95 Å². The van der Waals surface area contributed by atoms with Crippen LogP contribution in [0.1, 0.15) is 19.3 Å². The third-order valence-electron chi connectivity index (χ3n) is 3.03. The van der Waals surface area contributed by atoms with Crippen molar-refractivity contribution in [1.29, 1.82) is 0 Å². The molecule has 0 aliphatic heterocycles. The minimum Gasteiger partial charge on any atom is -0.368 e. The van der Waals surface area contributed by atoms with Gasteiger partial charge in [-0.05, 0) is 18.8 Å². The Morgan fingerprint density at radius 3 is 2.81 bits per heavy atom. The highest BCUT2D eigenvalue weighted by atomic mass is 15.3. The summed E-state index contributed by atoms with van der Waals surface area (Å²) in [7, 11) is 2.01. The molecular weight excluding hydrogens is 204 g/mol. The van der Waals surface area contributed by atoms with Crippen molar-refractivity contribution >= 4 is 17.6 Å². The number of rotatable bonds is 4. The van der Waals surface area contributed by atoms with Crippen LogP contribution in [0.25, 0.3) is 0 Å². The van der Waals surface area contributed by atoms with Crippen molar-refractivity contribution in [3.63, 3.8) is 0 Å². The summed E-state index contributed by atoms with van der Waals surface area (Å²) in [5, 5.41) is 0. The molecule has 16 heavy (non-hydrogen) atoms. The van der Waals surface area contributed by atoms with Gasteiger partial charge < -0.3 is 16.1 Å². The highest BCUT2D eigenvalue weighted by Crippen LogP contribution is 2.28. The number of anilines is 3. The lowest BCUT2D eigenvalue weighted by molar-refractivity contribution is 0.321. The lowest BCUT2D eigenvalue weighted by Gasteiger charge is -2.30. The van der Waals surface area contributed by atoms with Gasteiger partial charge in [0, 0.05) is 19.7 Å². The molecule has 1 saturated carbocycles. The Kier molecular flexibility index (Phi) is 3.09. The molecule has 5 N–H and O–H groups in total. The Balaban J connectivity index is 2.08. The fourth-order valence-electron chi connectivity index (χ4n) is 1.88. The van der Waals surface area contributed by atoms with Crippen molar-refractivity contribution in [3.05, 3.63) is 6.07 Å². The minimum atomic E-state index is 0.242. The molecule has 0 atom stereocenters. The molecule has 0 unspecified atom stereocenters. The topological polar surface area (TPSA) is 93.1 Å². The molecule has 0 spiro atoms. The molecule has 1 aromatic rings. The van der Waals surface area contributed by atoms with E-state index in [0.717, 1.165) is 18.3 Å². The highest BCUT2D eigenvalue weighted by Gasteiger charge is 2.20. The number of hydrogen-bond donors (Lipinski definition) is 3. The van der Waals surface area contributed by atoms with Gasteiger partial charge in [-0.15, -0.1) is 0 Å². The first-order valence-electron chi connectivity index (χ1n) is 5.51. The number of nitrogens with one attached hydrogen (secondary N) is 1. The van der Waals surface area contributed by atoms with Crippen LogP contribution in [0.15, 0.2) is 6.07 Å². The number of hydrazine groups is 1. The standard InChI is InChI=1S/C10H18N6/c1-16(6-7-3-2-4-7)9-5-8(15-12)13-10(11)14-9/h5,7H,2-4,6,12H2,1H3,(H3,11,13,14,15). The number of nitrogen functional groups attached to an aromatic ring is 2. The molecule has 0 amide bonds. The highest BCUT2D eigenvalue weighted by molar-refractivity contribution is 5.51. The van der Waals surface area contributed by atoms with Crippen molar-refractivity contribution < 1.29 is 0 Å². The number of nitrogens with zero attached hydrogens (tertiary/aromatic N) is 3.